The van der Waals surface area contributed by atoms with E-state index in [2.05, 4.69) is 11.4 Å². The maximum atomic E-state index is 5.53. The molecule has 0 saturated carbocycles. The van der Waals surface area contributed by atoms with Gasteiger partial charge >= 0.3 is 0 Å². The molecule has 3 rings (SSSR count). The van der Waals surface area contributed by atoms with Crippen LogP contribution in [0.4, 0.5) is 5.69 Å². The van der Waals surface area contributed by atoms with Crippen molar-refractivity contribution in [3.63, 3.8) is 0 Å². The molecule has 1 aromatic heterocycles. The van der Waals surface area contributed by atoms with Crippen LogP contribution in [0.15, 0.2) is 34.9 Å². The van der Waals surface area contributed by atoms with Gasteiger partial charge in [-0.05, 0) is 31.0 Å². The average Bonchev–Trinajstić information content (AvgIpc) is 2.97. The summed E-state index contributed by atoms with van der Waals surface area (Å²) in [4.78, 5) is 0. The Hall–Kier alpha value is -2.10. The Morgan fingerprint density at radius 2 is 2.10 bits per heavy atom. The quantitative estimate of drug-likeness (QED) is 0.920. The molecule has 1 heterocycles. The highest BCUT2D eigenvalue weighted by molar-refractivity contribution is 5.60. The summed E-state index contributed by atoms with van der Waals surface area (Å²) in [7, 11) is 3.32. The van der Waals surface area contributed by atoms with Crippen molar-refractivity contribution in [1.29, 1.82) is 0 Å². The molecule has 0 saturated heterocycles. The Bertz CT molecular complexity index is 591. The molecule has 4 heteroatoms. The third-order valence-corrected chi connectivity index (χ3v) is 3.79. The molecule has 1 N–H and O–H groups in total. The second-order valence-electron chi connectivity index (χ2n) is 4.95. The first-order valence-corrected chi connectivity index (χ1v) is 6.86. The summed E-state index contributed by atoms with van der Waals surface area (Å²) in [6, 6.07) is 8.15. The van der Waals surface area contributed by atoms with Crippen molar-refractivity contribution in [3.05, 3.63) is 41.9 Å². The maximum absolute atomic E-state index is 5.53. The molecule has 0 aliphatic heterocycles. The normalized spacial score (nSPS) is 17.4. The van der Waals surface area contributed by atoms with E-state index in [0.717, 1.165) is 42.2 Å². The van der Waals surface area contributed by atoms with Crippen LogP contribution >= 0.6 is 0 Å². The van der Waals surface area contributed by atoms with Gasteiger partial charge in [-0.25, -0.2) is 0 Å². The molecule has 0 bridgehead atoms. The lowest BCUT2D eigenvalue weighted by molar-refractivity contribution is 0.394. The Morgan fingerprint density at radius 3 is 2.90 bits per heavy atom. The summed E-state index contributed by atoms with van der Waals surface area (Å²) in [6.07, 6.45) is 5.04. The molecular formula is C16H19NO3. The lowest BCUT2D eigenvalue weighted by atomic mass is 9.93. The molecule has 1 aliphatic rings. The topological polar surface area (TPSA) is 43.6 Å². The van der Waals surface area contributed by atoms with Crippen molar-refractivity contribution < 1.29 is 13.9 Å². The number of ether oxygens (including phenoxy) is 2. The third-order valence-electron chi connectivity index (χ3n) is 3.79. The number of benzene rings is 1. The zero-order valence-electron chi connectivity index (χ0n) is 11.8. The van der Waals surface area contributed by atoms with Gasteiger partial charge in [-0.3, -0.25) is 0 Å². The summed E-state index contributed by atoms with van der Waals surface area (Å²) in [5.74, 6) is 2.68. The van der Waals surface area contributed by atoms with Crippen molar-refractivity contribution in [2.24, 2.45) is 0 Å². The van der Waals surface area contributed by atoms with Crippen LogP contribution < -0.4 is 14.8 Å². The van der Waals surface area contributed by atoms with E-state index in [-0.39, 0.29) is 6.04 Å². The first-order valence-electron chi connectivity index (χ1n) is 6.86. The molecule has 4 nitrogen and oxygen atoms in total. The number of nitrogens with one attached hydrogen (secondary N) is 1. The zero-order chi connectivity index (χ0) is 13.9. The fraction of sp³-hybridized carbons (Fsp3) is 0.375. The molecule has 0 amide bonds. The Kier molecular flexibility index (Phi) is 3.54. The van der Waals surface area contributed by atoms with E-state index in [1.165, 1.54) is 5.56 Å². The minimum absolute atomic E-state index is 0.278. The summed E-state index contributed by atoms with van der Waals surface area (Å²) >= 11 is 0. The van der Waals surface area contributed by atoms with Crippen LogP contribution in [-0.4, -0.2) is 14.2 Å². The molecule has 1 aliphatic carbocycles. The largest absolute Gasteiger partial charge is 0.497 e. The summed E-state index contributed by atoms with van der Waals surface area (Å²) < 4.78 is 16.2. The van der Waals surface area contributed by atoms with Crippen LogP contribution in [0, 0.1) is 0 Å². The number of fused-ring (bicyclic) bond motifs is 1. The fourth-order valence-corrected chi connectivity index (χ4v) is 2.74. The van der Waals surface area contributed by atoms with Crippen molar-refractivity contribution in [1.82, 2.24) is 0 Å². The fourth-order valence-electron chi connectivity index (χ4n) is 2.74. The van der Waals surface area contributed by atoms with Gasteiger partial charge < -0.3 is 19.2 Å². The minimum atomic E-state index is 0.278. The van der Waals surface area contributed by atoms with Gasteiger partial charge in [0.1, 0.15) is 17.3 Å². The van der Waals surface area contributed by atoms with Crippen LogP contribution in [0.25, 0.3) is 0 Å². The molecular weight excluding hydrogens is 254 g/mol. The summed E-state index contributed by atoms with van der Waals surface area (Å²) in [5, 5.41) is 3.55. The lowest BCUT2D eigenvalue weighted by Gasteiger charge is -2.24. The van der Waals surface area contributed by atoms with Crippen molar-refractivity contribution in [2.45, 2.75) is 25.3 Å². The predicted octanol–water partition coefficient (Wildman–Crippen LogP) is 3.79. The Balaban J connectivity index is 1.86. The highest BCUT2D eigenvalue weighted by Gasteiger charge is 2.23. The van der Waals surface area contributed by atoms with Gasteiger partial charge in [-0.1, -0.05) is 0 Å². The predicted molar refractivity (Wildman–Crippen MR) is 77.6 cm³/mol. The van der Waals surface area contributed by atoms with Gasteiger partial charge in [0, 0.05) is 18.1 Å². The molecule has 1 aromatic carbocycles. The van der Waals surface area contributed by atoms with Gasteiger partial charge in [0.05, 0.1) is 32.2 Å². The van der Waals surface area contributed by atoms with Gasteiger partial charge in [-0.2, -0.15) is 0 Å². The van der Waals surface area contributed by atoms with E-state index in [4.69, 9.17) is 13.9 Å². The third kappa shape index (κ3) is 2.33. The standard InChI is InChI=1S/C16H19NO3/c1-18-11-6-7-14(16(10-11)19-2)17-13-4-3-5-15-12(13)8-9-20-15/h6-10,13,17H,3-5H2,1-2H3. The molecule has 1 unspecified atom stereocenters. The number of furan rings is 1. The number of aryl methyl sites for hydroxylation is 1. The van der Waals surface area contributed by atoms with E-state index in [1.807, 2.05) is 18.2 Å². The van der Waals surface area contributed by atoms with Crippen LogP contribution in [-0.2, 0) is 6.42 Å². The summed E-state index contributed by atoms with van der Waals surface area (Å²) in [6.45, 7) is 0. The minimum Gasteiger partial charge on any atom is -0.497 e. The average molecular weight is 273 g/mol. The molecule has 0 radical (unpaired) electrons. The number of hydrogen-bond donors (Lipinski definition) is 1. The highest BCUT2D eigenvalue weighted by Crippen LogP contribution is 2.37. The van der Waals surface area contributed by atoms with Crippen LogP contribution in [0.2, 0.25) is 0 Å². The van der Waals surface area contributed by atoms with Gasteiger partial charge in [-0.15, -0.1) is 0 Å². The molecule has 0 fully saturated rings. The van der Waals surface area contributed by atoms with Gasteiger partial charge in [0.15, 0.2) is 0 Å². The smallest absolute Gasteiger partial charge is 0.145 e. The van der Waals surface area contributed by atoms with E-state index in [1.54, 1.807) is 20.5 Å². The van der Waals surface area contributed by atoms with Crippen LogP contribution in [0.1, 0.15) is 30.2 Å². The van der Waals surface area contributed by atoms with E-state index < -0.39 is 0 Å². The zero-order valence-corrected chi connectivity index (χ0v) is 11.8. The van der Waals surface area contributed by atoms with E-state index >= 15 is 0 Å². The first-order chi connectivity index (χ1) is 9.81. The van der Waals surface area contributed by atoms with Crippen molar-refractivity contribution in [2.75, 3.05) is 19.5 Å². The molecule has 0 spiro atoms. The molecule has 106 valence electrons. The Labute approximate surface area is 118 Å². The van der Waals surface area contributed by atoms with Crippen molar-refractivity contribution in [3.8, 4) is 11.5 Å². The number of anilines is 1. The van der Waals surface area contributed by atoms with Crippen molar-refractivity contribution >= 4 is 5.69 Å². The monoisotopic (exact) mass is 273 g/mol. The number of methoxy groups -OCH3 is 2. The second kappa shape index (κ2) is 5.49. The van der Waals surface area contributed by atoms with Crippen LogP contribution in [0.3, 0.4) is 0 Å². The molecule has 20 heavy (non-hydrogen) atoms. The highest BCUT2D eigenvalue weighted by atomic mass is 16.5. The van der Waals surface area contributed by atoms with Crippen LogP contribution in [0.5, 0.6) is 11.5 Å². The van der Waals surface area contributed by atoms with E-state index in [9.17, 15) is 0 Å². The molecule has 2 aromatic rings. The summed E-state index contributed by atoms with van der Waals surface area (Å²) in [5.41, 5.74) is 2.24. The number of rotatable bonds is 4. The SMILES string of the molecule is COc1ccc(NC2CCCc3occc32)c(OC)c1. The lowest BCUT2D eigenvalue weighted by Crippen LogP contribution is -2.16. The van der Waals surface area contributed by atoms with Gasteiger partial charge in [0.25, 0.3) is 0 Å². The Morgan fingerprint density at radius 1 is 1.20 bits per heavy atom. The van der Waals surface area contributed by atoms with E-state index in [0.29, 0.717) is 0 Å². The number of hydrogen-bond acceptors (Lipinski definition) is 4. The first kappa shape index (κ1) is 12.9. The molecule has 1 atom stereocenters. The second-order valence-corrected chi connectivity index (χ2v) is 4.95. The van der Waals surface area contributed by atoms with Gasteiger partial charge in [0.2, 0.25) is 0 Å². The maximum Gasteiger partial charge on any atom is 0.145 e.